The van der Waals surface area contributed by atoms with Crippen LogP contribution < -0.4 is 4.74 Å². The van der Waals surface area contributed by atoms with E-state index in [2.05, 4.69) is 11.1 Å². The Morgan fingerprint density at radius 3 is 2.68 bits per heavy atom. The summed E-state index contributed by atoms with van der Waals surface area (Å²) in [6.07, 6.45) is 2.36. The SMILES string of the molecule is O=C(C[C@@H](c1cccc(OCc2ccccc2)c1)c1c[nH]c2ccc(Cl)cc12)N1CCOCC1. The van der Waals surface area contributed by atoms with Gasteiger partial charge in [-0.2, -0.15) is 0 Å². The number of carbonyl (C=O) groups excluding carboxylic acids is 1. The minimum Gasteiger partial charge on any atom is -0.489 e. The van der Waals surface area contributed by atoms with Crippen LogP contribution in [0, 0.1) is 0 Å². The zero-order chi connectivity index (χ0) is 23.3. The summed E-state index contributed by atoms with van der Waals surface area (Å²) in [5.74, 6) is 0.770. The predicted octanol–water partition coefficient (Wildman–Crippen LogP) is 5.78. The van der Waals surface area contributed by atoms with Gasteiger partial charge in [-0.3, -0.25) is 4.79 Å². The Bertz CT molecular complexity index is 1270. The van der Waals surface area contributed by atoms with Crippen molar-refractivity contribution in [2.75, 3.05) is 26.3 Å². The number of carbonyl (C=O) groups is 1. The third kappa shape index (κ3) is 5.11. The van der Waals surface area contributed by atoms with Crippen molar-refractivity contribution in [2.24, 2.45) is 0 Å². The molecule has 0 bridgehead atoms. The lowest BCUT2D eigenvalue weighted by atomic mass is 9.87. The summed E-state index contributed by atoms with van der Waals surface area (Å²) in [5.41, 5.74) is 4.20. The number of rotatable bonds is 7. The summed E-state index contributed by atoms with van der Waals surface area (Å²) in [7, 11) is 0. The van der Waals surface area contributed by atoms with Gasteiger partial charge in [0.25, 0.3) is 0 Å². The number of amides is 1. The van der Waals surface area contributed by atoms with Gasteiger partial charge in [0.1, 0.15) is 12.4 Å². The van der Waals surface area contributed by atoms with Crippen LogP contribution in [-0.4, -0.2) is 42.1 Å². The molecular weight excluding hydrogens is 448 g/mol. The third-order valence-corrected chi connectivity index (χ3v) is 6.54. The second-order valence-electron chi connectivity index (χ2n) is 8.53. The fourth-order valence-corrected chi connectivity index (χ4v) is 4.66. The first-order valence-corrected chi connectivity index (χ1v) is 11.9. The molecule has 0 aliphatic carbocycles. The van der Waals surface area contributed by atoms with Crippen molar-refractivity contribution in [1.29, 1.82) is 0 Å². The summed E-state index contributed by atoms with van der Waals surface area (Å²) >= 11 is 6.33. The average Bonchev–Trinajstić information content (AvgIpc) is 3.30. The van der Waals surface area contributed by atoms with Gasteiger partial charge in [-0.15, -0.1) is 0 Å². The largest absolute Gasteiger partial charge is 0.489 e. The molecule has 4 aromatic rings. The molecule has 1 aliphatic rings. The van der Waals surface area contributed by atoms with Crippen LogP contribution in [0.3, 0.4) is 0 Å². The molecule has 5 rings (SSSR count). The Labute approximate surface area is 204 Å². The number of fused-ring (bicyclic) bond motifs is 1. The summed E-state index contributed by atoms with van der Waals surface area (Å²) in [4.78, 5) is 18.5. The molecule has 6 heteroatoms. The molecule has 34 heavy (non-hydrogen) atoms. The summed E-state index contributed by atoms with van der Waals surface area (Å²) in [5, 5.41) is 1.70. The second-order valence-corrected chi connectivity index (χ2v) is 8.97. The van der Waals surface area contributed by atoms with Crippen LogP contribution in [-0.2, 0) is 16.1 Å². The molecule has 1 fully saturated rings. The molecule has 0 unspecified atom stereocenters. The molecule has 2 heterocycles. The quantitative estimate of drug-likeness (QED) is 0.369. The van der Waals surface area contributed by atoms with Gasteiger partial charge in [0.2, 0.25) is 5.91 Å². The Morgan fingerprint density at radius 2 is 1.85 bits per heavy atom. The molecule has 1 saturated heterocycles. The Morgan fingerprint density at radius 1 is 1.03 bits per heavy atom. The molecule has 3 aromatic carbocycles. The van der Waals surface area contributed by atoms with Crippen molar-refractivity contribution in [3.63, 3.8) is 0 Å². The Hall–Kier alpha value is -3.28. The molecule has 1 amide bonds. The third-order valence-electron chi connectivity index (χ3n) is 6.30. The van der Waals surface area contributed by atoms with Gasteiger partial charge in [0.15, 0.2) is 0 Å². The minimum atomic E-state index is -0.136. The highest BCUT2D eigenvalue weighted by Gasteiger charge is 2.26. The van der Waals surface area contributed by atoms with Gasteiger partial charge in [0, 0.05) is 47.6 Å². The molecule has 5 nitrogen and oxygen atoms in total. The van der Waals surface area contributed by atoms with E-state index in [-0.39, 0.29) is 11.8 Å². The average molecular weight is 475 g/mol. The van der Waals surface area contributed by atoms with Crippen LogP contribution in [0.25, 0.3) is 10.9 Å². The van der Waals surface area contributed by atoms with E-state index in [1.54, 1.807) is 0 Å². The lowest BCUT2D eigenvalue weighted by Gasteiger charge is -2.29. The number of hydrogen-bond acceptors (Lipinski definition) is 3. The number of aromatic amines is 1. The highest BCUT2D eigenvalue weighted by molar-refractivity contribution is 6.31. The first-order valence-electron chi connectivity index (χ1n) is 11.6. The minimum absolute atomic E-state index is 0.125. The van der Waals surface area contributed by atoms with E-state index in [0.29, 0.717) is 44.4 Å². The maximum Gasteiger partial charge on any atom is 0.223 e. The normalized spacial score (nSPS) is 14.8. The first-order chi connectivity index (χ1) is 16.7. The molecule has 1 N–H and O–H groups in total. The van der Waals surface area contributed by atoms with E-state index in [4.69, 9.17) is 21.1 Å². The smallest absolute Gasteiger partial charge is 0.223 e. The maximum absolute atomic E-state index is 13.3. The monoisotopic (exact) mass is 474 g/mol. The zero-order valence-electron chi connectivity index (χ0n) is 18.9. The number of benzene rings is 3. The number of ether oxygens (including phenoxy) is 2. The van der Waals surface area contributed by atoms with E-state index in [1.807, 2.05) is 77.8 Å². The molecule has 1 atom stereocenters. The number of nitrogens with one attached hydrogen (secondary N) is 1. The van der Waals surface area contributed by atoms with Gasteiger partial charge in [0.05, 0.1) is 13.2 Å². The van der Waals surface area contributed by atoms with Gasteiger partial charge < -0.3 is 19.4 Å². The first kappa shape index (κ1) is 22.5. The fraction of sp³-hybridized carbons (Fsp3) is 0.250. The van der Waals surface area contributed by atoms with Crippen LogP contribution >= 0.6 is 11.6 Å². The topological polar surface area (TPSA) is 54.6 Å². The van der Waals surface area contributed by atoms with Crippen molar-refractivity contribution in [3.05, 3.63) is 101 Å². The summed E-state index contributed by atoms with van der Waals surface area (Å²) in [6.45, 7) is 2.92. The van der Waals surface area contributed by atoms with Crippen molar-refractivity contribution in [3.8, 4) is 5.75 Å². The van der Waals surface area contributed by atoms with E-state index in [9.17, 15) is 4.79 Å². The van der Waals surface area contributed by atoms with E-state index in [0.717, 1.165) is 33.3 Å². The van der Waals surface area contributed by atoms with Gasteiger partial charge >= 0.3 is 0 Å². The van der Waals surface area contributed by atoms with Crippen molar-refractivity contribution in [1.82, 2.24) is 9.88 Å². The zero-order valence-corrected chi connectivity index (χ0v) is 19.6. The standard InChI is InChI=1S/C28H27ClN2O3/c29-22-9-10-27-25(16-22)26(18-30-27)24(17-28(32)31-11-13-33-14-12-31)21-7-4-8-23(15-21)34-19-20-5-2-1-3-6-20/h1-10,15-16,18,24,30H,11-14,17,19H2/t24-/m0/s1. The fourth-order valence-electron chi connectivity index (χ4n) is 4.49. The number of H-pyrrole nitrogens is 1. The second kappa shape index (κ2) is 10.3. The number of aromatic nitrogens is 1. The number of hydrogen-bond donors (Lipinski definition) is 1. The van der Waals surface area contributed by atoms with Crippen LogP contribution in [0.2, 0.25) is 5.02 Å². The number of nitrogens with zero attached hydrogens (tertiary/aromatic N) is 1. The van der Waals surface area contributed by atoms with Crippen LogP contribution in [0.1, 0.15) is 29.0 Å². The van der Waals surface area contributed by atoms with Crippen molar-refractivity contribution >= 4 is 28.4 Å². The molecular formula is C28H27ClN2O3. The van der Waals surface area contributed by atoms with Crippen molar-refractivity contribution < 1.29 is 14.3 Å². The van der Waals surface area contributed by atoms with Gasteiger partial charge in [-0.25, -0.2) is 0 Å². The van der Waals surface area contributed by atoms with E-state index < -0.39 is 0 Å². The van der Waals surface area contributed by atoms with Crippen molar-refractivity contribution in [2.45, 2.75) is 18.9 Å². The number of morpholine rings is 1. The molecule has 1 aromatic heterocycles. The predicted molar refractivity (Wildman–Crippen MR) is 134 cm³/mol. The maximum atomic E-state index is 13.3. The van der Waals surface area contributed by atoms with Gasteiger partial charge in [-0.1, -0.05) is 54.1 Å². The van der Waals surface area contributed by atoms with E-state index in [1.165, 1.54) is 0 Å². The van der Waals surface area contributed by atoms with Crippen LogP contribution in [0.4, 0.5) is 0 Å². The Kier molecular flexibility index (Phi) is 6.84. The van der Waals surface area contributed by atoms with Crippen LogP contribution in [0.15, 0.2) is 79.0 Å². The highest BCUT2D eigenvalue weighted by Crippen LogP contribution is 2.36. The summed E-state index contributed by atoms with van der Waals surface area (Å²) < 4.78 is 11.5. The molecule has 174 valence electrons. The lowest BCUT2D eigenvalue weighted by Crippen LogP contribution is -2.41. The molecule has 0 radical (unpaired) electrons. The lowest BCUT2D eigenvalue weighted by molar-refractivity contribution is -0.135. The summed E-state index contributed by atoms with van der Waals surface area (Å²) in [6, 6.07) is 24.0. The molecule has 0 spiro atoms. The molecule has 1 aliphatic heterocycles. The van der Waals surface area contributed by atoms with Crippen LogP contribution in [0.5, 0.6) is 5.75 Å². The number of halogens is 1. The highest BCUT2D eigenvalue weighted by atomic mass is 35.5. The van der Waals surface area contributed by atoms with E-state index >= 15 is 0 Å². The Balaban J connectivity index is 1.46. The van der Waals surface area contributed by atoms with Gasteiger partial charge in [-0.05, 0) is 47.0 Å². The molecule has 0 saturated carbocycles.